The summed E-state index contributed by atoms with van der Waals surface area (Å²) in [7, 11) is 1.81. The van der Waals surface area contributed by atoms with Crippen LogP contribution in [0, 0.1) is 6.92 Å². The molecule has 0 saturated carbocycles. The topological polar surface area (TPSA) is 61.4 Å². The number of aromatic nitrogens is 1. The average molecular weight is 520 g/mol. The Hall–Kier alpha value is -2.06. The van der Waals surface area contributed by atoms with Crippen molar-refractivity contribution in [2.45, 2.75) is 32.8 Å². The van der Waals surface area contributed by atoms with Gasteiger partial charge >= 0.3 is 0 Å². The lowest BCUT2D eigenvalue weighted by Crippen LogP contribution is -2.38. The summed E-state index contributed by atoms with van der Waals surface area (Å²) in [6.07, 6.45) is 5.15. The Morgan fingerprint density at radius 1 is 1.03 bits per heavy atom. The number of nitrogens with zero attached hydrogens (tertiary/aromatic N) is 1. The minimum atomic E-state index is 0. The van der Waals surface area contributed by atoms with E-state index in [0.717, 1.165) is 44.9 Å². The van der Waals surface area contributed by atoms with Crippen LogP contribution in [0.2, 0.25) is 0 Å². The molecule has 0 spiro atoms. The van der Waals surface area contributed by atoms with Crippen LogP contribution in [-0.4, -0.2) is 37.7 Å². The summed E-state index contributed by atoms with van der Waals surface area (Å²) in [5, 5.41) is 8.08. The SMILES string of the molecule is CN=C(NCCCCOCc1ccccc1)NCCc1c[nH]c2cc(C)ccc12.I. The third-order valence-corrected chi connectivity index (χ3v) is 4.95. The molecule has 162 valence electrons. The molecule has 1 aromatic heterocycles. The van der Waals surface area contributed by atoms with Gasteiger partial charge in [0.05, 0.1) is 6.61 Å². The number of unbranched alkanes of at least 4 members (excludes halogenated alkanes) is 1. The van der Waals surface area contributed by atoms with Crippen molar-refractivity contribution in [3.05, 3.63) is 71.4 Å². The fraction of sp³-hybridized carbons (Fsp3) is 0.375. The van der Waals surface area contributed by atoms with Crippen LogP contribution in [0.25, 0.3) is 10.9 Å². The number of guanidine groups is 1. The van der Waals surface area contributed by atoms with E-state index in [1.165, 1.54) is 27.6 Å². The maximum atomic E-state index is 5.73. The highest BCUT2D eigenvalue weighted by Crippen LogP contribution is 2.19. The molecule has 0 aliphatic heterocycles. The summed E-state index contributed by atoms with van der Waals surface area (Å²) in [5.41, 5.74) is 5.04. The van der Waals surface area contributed by atoms with Gasteiger partial charge in [-0.05, 0) is 48.9 Å². The van der Waals surface area contributed by atoms with E-state index < -0.39 is 0 Å². The Kier molecular flexibility index (Phi) is 10.7. The van der Waals surface area contributed by atoms with Gasteiger partial charge in [-0.1, -0.05) is 42.5 Å². The summed E-state index contributed by atoms with van der Waals surface area (Å²) >= 11 is 0. The number of fused-ring (bicyclic) bond motifs is 1. The van der Waals surface area contributed by atoms with Crippen LogP contribution in [0.15, 0.2) is 59.7 Å². The number of aromatic amines is 1. The molecule has 3 rings (SSSR count). The molecule has 0 bridgehead atoms. The summed E-state index contributed by atoms with van der Waals surface area (Å²) < 4.78 is 5.73. The number of aryl methyl sites for hydroxylation is 1. The highest BCUT2D eigenvalue weighted by Gasteiger charge is 2.04. The van der Waals surface area contributed by atoms with E-state index in [1.807, 2.05) is 25.2 Å². The Morgan fingerprint density at radius 2 is 1.83 bits per heavy atom. The Balaban J connectivity index is 0.00000320. The second kappa shape index (κ2) is 13.3. The number of hydrogen-bond donors (Lipinski definition) is 3. The second-order valence-corrected chi connectivity index (χ2v) is 7.28. The van der Waals surface area contributed by atoms with Gasteiger partial charge in [0.2, 0.25) is 0 Å². The third-order valence-electron chi connectivity index (χ3n) is 4.95. The van der Waals surface area contributed by atoms with Gasteiger partial charge in [-0.25, -0.2) is 0 Å². The molecular weight excluding hydrogens is 487 g/mol. The average Bonchev–Trinajstić information content (AvgIpc) is 3.14. The van der Waals surface area contributed by atoms with Crippen molar-refractivity contribution < 1.29 is 4.74 Å². The molecule has 6 heteroatoms. The number of H-pyrrole nitrogens is 1. The van der Waals surface area contributed by atoms with Gasteiger partial charge in [0.1, 0.15) is 0 Å². The van der Waals surface area contributed by atoms with E-state index in [4.69, 9.17) is 4.74 Å². The van der Waals surface area contributed by atoms with E-state index in [9.17, 15) is 0 Å². The van der Waals surface area contributed by atoms with E-state index in [-0.39, 0.29) is 24.0 Å². The van der Waals surface area contributed by atoms with Gasteiger partial charge in [0.25, 0.3) is 0 Å². The standard InChI is InChI=1S/C24H32N4O.HI/c1-19-10-11-22-21(17-28-23(22)16-19)12-14-27-24(25-2)26-13-6-7-15-29-18-20-8-4-3-5-9-20;/h3-5,8-11,16-17,28H,6-7,12-15,18H2,1-2H3,(H2,25,26,27);1H. The highest BCUT2D eigenvalue weighted by molar-refractivity contribution is 14.0. The first kappa shape index (κ1) is 24.2. The van der Waals surface area contributed by atoms with Crippen molar-refractivity contribution in [3.8, 4) is 0 Å². The lowest BCUT2D eigenvalue weighted by Gasteiger charge is -2.12. The normalized spacial score (nSPS) is 11.3. The Morgan fingerprint density at radius 3 is 2.63 bits per heavy atom. The Bertz CT molecular complexity index is 908. The minimum absolute atomic E-state index is 0. The van der Waals surface area contributed by atoms with E-state index in [2.05, 4.69) is 64.1 Å². The molecule has 0 fully saturated rings. The Labute approximate surface area is 196 Å². The first-order valence-corrected chi connectivity index (χ1v) is 10.4. The largest absolute Gasteiger partial charge is 0.377 e. The molecule has 3 aromatic rings. The van der Waals surface area contributed by atoms with Crippen molar-refractivity contribution >= 4 is 40.8 Å². The molecule has 0 aliphatic rings. The molecular formula is C24H33IN4O. The number of rotatable bonds is 10. The predicted molar refractivity (Wildman–Crippen MR) is 137 cm³/mol. The number of aliphatic imine (C=N–C) groups is 1. The van der Waals surface area contributed by atoms with Gasteiger partial charge < -0.3 is 20.4 Å². The van der Waals surface area contributed by atoms with Crippen LogP contribution in [0.5, 0.6) is 0 Å². The molecule has 5 nitrogen and oxygen atoms in total. The smallest absolute Gasteiger partial charge is 0.190 e. The van der Waals surface area contributed by atoms with Crippen LogP contribution in [0.3, 0.4) is 0 Å². The third kappa shape index (κ3) is 7.65. The van der Waals surface area contributed by atoms with Gasteiger partial charge in [0.15, 0.2) is 5.96 Å². The monoisotopic (exact) mass is 520 g/mol. The zero-order chi connectivity index (χ0) is 20.3. The van der Waals surface area contributed by atoms with Gasteiger partial charge in [-0.15, -0.1) is 24.0 Å². The van der Waals surface area contributed by atoms with Crippen LogP contribution in [-0.2, 0) is 17.8 Å². The highest BCUT2D eigenvalue weighted by atomic mass is 127. The molecule has 2 aromatic carbocycles. The minimum Gasteiger partial charge on any atom is -0.377 e. The second-order valence-electron chi connectivity index (χ2n) is 7.28. The first-order valence-electron chi connectivity index (χ1n) is 10.4. The summed E-state index contributed by atoms with van der Waals surface area (Å²) in [6.45, 7) is 5.32. The fourth-order valence-electron chi connectivity index (χ4n) is 3.34. The first-order chi connectivity index (χ1) is 14.3. The summed E-state index contributed by atoms with van der Waals surface area (Å²) in [6, 6.07) is 16.8. The van der Waals surface area contributed by atoms with Gasteiger partial charge in [0, 0.05) is 43.8 Å². The zero-order valence-corrected chi connectivity index (χ0v) is 20.2. The van der Waals surface area contributed by atoms with Crippen LogP contribution in [0.1, 0.15) is 29.5 Å². The van der Waals surface area contributed by atoms with Gasteiger partial charge in [-0.2, -0.15) is 0 Å². The predicted octanol–water partition coefficient (Wildman–Crippen LogP) is 4.80. The molecule has 1 heterocycles. The summed E-state index contributed by atoms with van der Waals surface area (Å²) in [5.74, 6) is 0.853. The molecule has 0 unspecified atom stereocenters. The zero-order valence-electron chi connectivity index (χ0n) is 17.9. The van der Waals surface area contributed by atoms with Crippen molar-refractivity contribution in [1.29, 1.82) is 0 Å². The molecule has 30 heavy (non-hydrogen) atoms. The maximum absolute atomic E-state index is 5.73. The van der Waals surface area contributed by atoms with Crippen LogP contribution in [0.4, 0.5) is 0 Å². The number of ether oxygens (including phenoxy) is 1. The molecule has 0 amide bonds. The van der Waals surface area contributed by atoms with E-state index in [1.54, 1.807) is 0 Å². The van der Waals surface area contributed by atoms with Crippen LogP contribution >= 0.6 is 24.0 Å². The molecule has 0 saturated heterocycles. The molecule has 0 radical (unpaired) electrons. The maximum Gasteiger partial charge on any atom is 0.190 e. The van der Waals surface area contributed by atoms with Crippen LogP contribution < -0.4 is 10.6 Å². The number of halogens is 1. The quantitative estimate of drug-likeness (QED) is 0.156. The van der Waals surface area contributed by atoms with E-state index in [0.29, 0.717) is 6.61 Å². The fourth-order valence-corrected chi connectivity index (χ4v) is 3.34. The summed E-state index contributed by atoms with van der Waals surface area (Å²) in [4.78, 5) is 7.67. The van der Waals surface area contributed by atoms with Crippen molar-refractivity contribution in [2.24, 2.45) is 4.99 Å². The lowest BCUT2D eigenvalue weighted by atomic mass is 10.1. The molecule has 0 atom stereocenters. The van der Waals surface area contributed by atoms with Gasteiger partial charge in [-0.3, -0.25) is 4.99 Å². The molecule has 0 aliphatic carbocycles. The van der Waals surface area contributed by atoms with Crippen molar-refractivity contribution in [3.63, 3.8) is 0 Å². The molecule has 3 N–H and O–H groups in total. The number of nitrogens with one attached hydrogen (secondary N) is 3. The van der Waals surface area contributed by atoms with Crippen molar-refractivity contribution in [2.75, 3.05) is 26.7 Å². The lowest BCUT2D eigenvalue weighted by molar-refractivity contribution is 0.117. The van der Waals surface area contributed by atoms with Crippen molar-refractivity contribution in [1.82, 2.24) is 15.6 Å². The van der Waals surface area contributed by atoms with E-state index >= 15 is 0 Å². The number of hydrogen-bond acceptors (Lipinski definition) is 2. The number of benzene rings is 2.